The van der Waals surface area contributed by atoms with Gasteiger partial charge in [-0.2, -0.15) is 0 Å². The van der Waals surface area contributed by atoms with E-state index in [0.29, 0.717) is 12.8 Å². The number of esters is 1. The Bertz CT molecular complexity index is 679. The van der Waals surface area contributed by atoms with Crippen LogP contribution < -0.4 is 0 Å². The summed E-state index contributed by atoms with van der Waals surface area (Å²) in [5, 5.41) is 3.56. The number of hydroxylamine groups is 2. The number of methoxy groups -OCH3 is 1. The van der Waals surface area contributed by atoms with Crippen LogP contribution in [0.2, 0.25) is 0 Å². The molecule has 142 valence electrons. The molecule has 0 bridgehead atoms. The summed E-state index contributed by atoms with van der Waals surface area (Å²) in [5.41, 5.74) is 0.698. The molecule has 0 aliphatic carbocycles. The molecule has 0 saturated carbocycles. The molecule has 26 heavy (non-hydrogen) atoms. The lowest BCUT2D eigenvalue weighted by molar-refractivity contribution is -0.218. The van der Waals surface area contributed by atoms with Gasteiger partial charge in [-0.25, -0.2) is 5.06 Å². The van der Waals surface area contributed by atoms with Crippen molar-refractivity contribution in [3.8, 4) is 0 Å². The fourth-order valence-corrected chi connectivity index (χ4v) is 4.98. The van der Waals surface area contributed by atoms with Gasteiger partial charge in [-0.3, -0.25) is 19.3 Å². The predicted octanol–water partition coefficient (Wildman–Crippen LogP) is 2.53. The van der Waals surface area contributed by atoms with Crippen molar-refractivity contribution in [3.05, 3.63) is 34.5 Å². The number of carbonyl (C=O) groups excluding carboxylic acids is 2. The highest BCUT2D eigenvalue weighted by Crippen LogP contribution is 2.44. The molecule has 1 aromatic rings. The predicted molar refractivity (Wildman–Crippen MR) is 99.4 cm³/mol. The quantitative estimate of drug-likeness (QED) is 0.562. The van der Waals surface area contributed by atoms with Crippen molar-refractivity contribution in [1.29, 1.82) is 0 Å². The van der Waals surface area contributed by atoms with Gasteiger partial charge in [-0.05, 0) is 36.8 Å². The van der Waals surface area contributed by atoms with Gasteiger partial charge in [0.2, 0.25) is 5.91 Å². The number of piperidine rings is 1. The molecule has 2 fully saturated rings. The van der Waals surface area contributed by atoms with Gasteiger partial charge >= 0.3 is 5.97 Å². The third-order valence-electron chi connectivity index (χ3n) is 5.52. The Labute approximate surface area is 158 Å². The molecular formula is C19H26N2O4S. The molecule has 1 amide bonds. The number of thiophene rings is 1. The summed E-state index contributed by atoms with van der Waals surface area (Å²) in [6, 6.07) is 2.14. The van der Waals surface area contributed by atoms with E-state index in [1.807, 2.05) is 0 Å². The second-order valence-corrected chi connectivity index (χ2v) is 7.96. The van der Waals surface area contributed by atoms with E-state index < -0.39 is 11.5 Å². The number of hydrogen-bond donors (Lipinski definition) is 0. The summed E-state index contributed by atoms with van der Waals surface area (Å²) in [4.78, 5) is 34.3. The van der Waals surface area contributed by atoms with Crippen LogP contribution in [0.1, 0.15) is 29.7 Å². The smallest absolute Gasteiger partial charge is 0.311 e. The minimum absolute atomic E-state index is 0.147. The number of hydrogen-bond acceptors (Lipinski definition) is 6. The molecule has 7 heteroatoms. The first kappa shape index (κ1) is 19.1. The Balaban J connectivity index is 1.76. The zero-order valence-electron chi connectivity index (χ0n) is 15.4. The molecule has 0 aromatic carbocycles. The maximum absolute atomic E-state index is 12.5. The fraction of sp³-hybridized carbons (Fsp3) is 0.579. The van der Waals surface area contributed by atoms with Crippen LogP contribution in [0.3, 0.4) is 0 Å². The first-order valence-corrected chi connectivity index (χ1v) is 9.80. The minimum atomic E-state index is -0.617. The molecule has 1 aromatic heterocycles. The maximum Gasteiger partial charge on any atom is 0.311 e. The number of amides is 1. The molecule has 0 N–H and O–H groups in total. The normalized spacial score (nSPS) is 22.8. The van der Waals surface area contributed by atoms with Crippen molar-refractivity contribution in [2.45, 2.75) is 38.3 Å². The zero-order valence-corrected chi connectivity index (χ0v) is 16.2. The minimum Gasteiger partial charge on any atom is -0.469 e. The van der Waals surface area contributed by atoms with Gasteiger partial charge in [-0.1, -0.05) is 6.08 Å². The second kappa shape index (κ2) is 7.90. The summed E-state index contributed by atoms with van der Waals surface area (Å²) in [7, 11) is 1.38. The Morgan fingerprint density at radius 3 is 2.77 bits per heavy atom. The van der Waals surface area contributed by atoms with E-state index >= 15 is 0 Å². The van der Waals surface area contributed by atoms with Crippen LogP contribution in [0.4, 0.5) is 0 Å². The monoisotopic (exact) mass is 378 g/mol. The fourth-order valence-electron chi connectivity index (χ4n) is 4.03. The number of rotatable bonds is 6. The largest absolute Gasteiger partial charge is 0.469 e. The van der Waals surface area contributed by atoms with Crippen molar-refractivity contribution in [2.24, 2.45) is 5.92 Å². The van der Waals surface area contributed by atoms with Gasteiger partial charge in [-0.15, -0.1) is 17.9 Å². The first-order valence-electron chi connectivity index (χ1n) is 8.92. The molecular weight excluding hydrogens is 352 g/mol. The van der Waals surface area contributed by atoms with Crippen LogP contribution in [0, 0.1) is 12.8 Å². The zero-order chi connectivity index (χ0) is 18.7. The van der Waals surface area contributed by atoms with Crippen molar-refractivity contribution < 1.29 is 19.2 Å². The van der Waals surface area contributed by atoms with E-state index in [4.69, 9.17) is 9.57 Å². The van der Waals surface area contributed by atoms with Crippen LogP contribution >= 0.6 is 11.3 Å². The van der Waals surface area contributed by atoms with Crippen LogP contribution in [0.25, 0.3) is 0 Å². The molecule has 3 rings (SSSR count). The lowest BCUT2D eigenvalue weighted by Crippen LogP contribution is -2.57. The van der Waals surface area contributed by atoms with E-state index in [1.165, 1.54) is 22.6 Å². The summed E-state index contributed by atoms with van der Waals surface area (Å²) in [5.74, 6) is -0.953. The standard InChI is InChI=1S/C19H26N2O4S/c1-4-10-25-21-17(22)12-15(18(23)24-3)19(21)6-8-20(9-7-19)13-16-14(2)5-11-26-16/h4-5,11,15H,1,6-10,12-13H2,2-3H3/t15-/m1/s1. The van der Waals surface area contributed by atoms with Gasteiger partial charge in [0.25, 0.3) is 0 Å². The lowest BCUT2D eigenvalue weighted by Gasteiger charge is -2.45. The summed E-state index contributed by atoms with van der Waals surface area (Å²) < 4.78 is 4.99. The highest BCUT2D eigenvalue weighted by molar-refractivity contribution is 7.10. The van der Waals surface area contributed by atoms with Crippen LogP contribution in [0.15, 0.2) is 24.1 Å². The van der Waals surface area contributed by atoms with Gasteiger partial charge in [0, 0.05) is 30.9 Å². The number of ether oxygens (including phenoxy) is 1. The highest BCUT2D eigenvalue weighted by atomic mass is 32.1. The van der Waals surface area contributed by atoms with Crippen molar-refractivity contribution >= 4 is 23.2 Å². The number of nitrogens with zero attached hydrogens (tertiary/aromatic N) is 2. The molecule has 2 saturated heterocycles. The summed E-state index contributed by atoms with van der Waals surface area (Å²) in [6.45, 7) is 8.56. The Hall–Kier alpha value is -1.70. The average Bonchev–Trinajstić information content (AvgIpc) is 3.16. The Morgan fingerprint density at radius 2 is 2.19 bits per heavy atom. The van der Waals surface area contributed by atoms with Gasteiger partial charge in [0.1, 0.15) is 0 Å². The second-order valence-electron chi connectivity index (χ2n) is 6.96. The molecule has 6 nitrogen and oxygen atoms in total. The van der Waals surface area contributed by atoms with Crippen molar-refractivity contribution in [3.63, 3.8) is 0 Å². The molecule has 2 aliphatic heterocycles. The molecule has 0 radical (unpaired) electrons. The summed E-state index contributed by atoms with van der Waals surface area (Å²) >= 11 is 1.77. The number of aryl methyl sites for hydroxylation is 1. The third-order valence-corrected chi connectivity index (χ3v) is 6.53. The first-order chi connectivity index (χ1) is 12.5. The van der Waals surface area contributed by atoms with Gasteiger partial charge < -0.3 is 4.74 Å². The molecule has 0 unspecified atom stereocenters. The van der Waals surface area contributed by atoms with Crippen molar-refractivity contribution in [2.75, 3.05) is 26.8 Å². The average molecular weight is 378 g/mol. The van der Waals surface area contributed by atoms with E-state index in [1.54, 1.807) is 17.4 Å². The molecule has 2 aliphatic rings. The SMILES string of the molecule is C=CCON1C(=O)C[C@H](C(=O)OC)C12CCN(Cc1sccc1C)CC2. The Morgan fingerprint density at radius 1 is 1.46 bits per heavy atom. The third kappa shape index (κ3) is 3.43. The van der Waals surface area contributed by atoms with Crippen LogP contribution in [-0.2, 0) is 25.7 Å². The van der Waals surface area contributed by atoms with Gasteiger partial charge in [0.15, 0.2) is 0 Å². The highest BCUT2D eigenvalue weighted by Gasteiger charge is 2.58. The maximum atomic E-state index is 12.5. The van der Waals surface area contributed by atoms with E-state index in [2.05, 4.69) is 29.8 Å². The number of likely N-dealkylation sites (tertiary alicyclic amines) is 1. The van der Waals surface area contributed by atoms with Gasteiger partial charge in [0.05, 0.1) is 25.2 Å². The topological polar surface area (TPSA) is 59.1 Å². The molecule has 1 spiro atoms. The molecule has 1 atom stereocenters. The van der Waals surface area contributed by atoms with Crippen LogP contribution in [-0.4, -0.2) is 54.2 Å². The van der Waals surface area contributed by atoms with Crippen LogP contribution in [0.5, 0.6) is 0 Å². The Kier molecular flexibility index (Phi) is 5.79. The lowest BCUT2D eigenvalue weighted by atomic mass is 9.77. The summed E-state index contributed by atoms with van der Waals surface area (Å²) in [6.07, 6.45) is 3.15. The van der Waals surface area contributed by atoms with E-state index in [0.717, 1.165) is 19.6 Å². The van der Waals surface area contributed by atoms with E-state index in [-0.39, 0.29) is 24.9 Å². The van der Waals surface area contributed by atoms with E-state index in [9.17, 15) is 9.59 Å². The number of carbonyl (C=O) groups is 2. The van der Waals surface area contributed by atoms with Crippen molar-refractivity contribution in [1.82, 2.24) is 9.96 Å². The molecule has 3 heterocycles.